The summed E-state index contributed by atoms with van der Waals surface area (Å²) in [6.07, 6.45) is 1.65. The molecule has 0 radical (unpaired) electrons. The Kier molecular flexibility index (Phi) is 4.59. The molecule has 0 saturated carbocycles. The Balaban J connectivity index is 1.95. The van der Waals surface area contributed by atoms with E-state index in [2.05, 4.69) is 60.1 Å². The van der Waals surface area contributed by atoms with E-state index in [9.17, 15) is 0 Å². The highest BCUT2D eigenvalue weighted by atomic mass is 16.5. The van der Waals surface area contributed by atoms with Crippen LogP contribution in [0.4, 0.5) is 0 Å². The number of fused-ring (bicyclic) bond motifs is 2. The van der Waals surface area contributed by atoms with E-state index in [-0.39, 0.29) is 6.10 Å². The van der Waals surface area contributed by atoms with Gasteiger partial charge in [-0.3, -0.25) is 0 Å². The van der Waals surface area contributed by atoms with Crippen molar-refractivity contribution in [1.29, 1.82) is 0 Å². The Morgan fingerprint density at radius 1 is 1.05 bits per heavy atom. The Bertz CT molecular complexity index is 781. The third kappa shape index (κ3) is 3.22. The molecule has 1 aliphatic carbocycles. The van der Waals surface area contributed by atoms with E-state index >= 15 is 0 Å². The van der Waals surface area contributed by atoms with Gasteiger partial charge in [0.05, 0.1) is 12.7 Å². The molecule has 1 unspecified atom stereocenters. The fourth-order valence-electron chi connectivity index (χ4n) is 2.68. The van der Waals surface area contributed by atoms with Crippen molar-refractivity contribution >= 4 is 0 Å². The van der Waals surface area contributed by atoms with Gasteiger partial charge in [0.1, 0.15) is 0 Å². The van der Waals surface area contributed by atoms with Crippen LogP contribution in [-0.4, -0.2) is 6.61 Å². The quantitative estimate of drug-likeness (QED) is 0.609. The monoisotopic (exact) mass is 286 g/mol. The van der Waals surface area contributed by atoms with E-state index in [0.29, 0.717) is 6.61 Å². The van der Waals surface area contributed by atoms with Crippen LogP contribution in [0.3, 0.4) is 0 Å². The first-order chi connectivity index (χ1) is 10.9. The first-order valence-corrected chi connectivity index (χ1v) is 7.58. The lowest BCUT2D eigenvalue weighted by molar-refractivity contribution is 0.0567. The largest absolute Gasteiger partial charge is 0.372 e. The topological polar surface area (TPSA) is 9.23 Å². The molecule has 0 N–H and O–H groups in total. The fourth-order valence-corrected chi connectivity index (χ4v) is 2.68. The molecule has 0 aromatic heterocycles. The predicted octanol–water partition coefficient (Wildman–Crippen LogP) is 4.11. The van der Waals surface area contributed by atoms with E-state index in [1.165, 1.54) is 11.1 Å². The van der Waals surface area contributed by atoms with Gasteiger partial charge in [0, 0.05) is 24.0 Å². The molecule has 0 heterocycles. The summed E-state index contributed by atoms with van der Waals surface area (Å²) < 4.78 is 6.13. The Morgan fingerprint density at radius 2 is 1.77 bits per heavy atom. The van der Waals surface area contributed by atoms with Gasteiger partial charge in [0.25, 0.3) is 0 Å². The molecule has 108 valence electrons. The second-order valence-corrected chi connectivity index (χ2v) is 5.23. The summed E-state index contributed by atoms with van der Waals surface area (Å²) in [5.74, 6) is 12.6. The predicted molar refractivity (Wildman–Crippen MR) is 89.3 cm³/mol. The molecule has 0 fully saturated rings. The number of rotatable bonds is 3. The van der Waals surface area contributed by atoms with E-state index in [0.717, 1.165) is 24.0 Å². The number of benzene rings is 2. The van der Waals surface area contributed by atoms with E-state index in [1.54, 1.807) is 0 Å². The van der Waals surface area contributed by atoms with Crippen LogP contribution >= 0.6 is 0 Å². The van der Waals surface area contributed by atoms with E-state index in [1.807, 2.05) is 19.1 Å². The summed E-state index contributed by atoms with van der Waals surface area (Å²) >= 11 is 0. The minimum absolute atomic E-state index is 0.0330. The summed E-state index contributed by atoms with van der Waals surface area (Å²) in [5.41, 5.74) is 4.58. The van der Waals surface area contributed by atoms with Crippen LogP contribution in [0.5, 0.6) is 0 Å². The maximum Gasteiger partial charge on any atom is 0.0878 e. The molecule has 22 heavy (non-hydrogen) atoms. The van der Waals surface area contributed by atoms with Gasteiger partial charge in [-0.1, -0.05) is 48.2 Å². The summed E-state index contributed by atoms with van der Waals surface area (Å²) in [6.45, 7) is 2.51. The second-order valence-electron chi connectivity index (χ2n) is 5.23. The van der Waals surface area contributed by atoms with Gasteiger partial charge >= 0.3 is 0 Å². The van der Waals surface area contributed by atoms with Crippen molar-refractivity contribution in [2.24, 2.45) is 0 Å². The van der Waals surface area contributed by atoms with Gasteiger partial charge in [-0.05, 0) is 30.2 Å². The molecule has 0 saturated heterocycles. The van der Waals surface area contributed by atoms with E-state index < -0.39 is 0 Å². The van der Waals surface area contributed by atoms with Crippen molar-refractivity contribution < 1.29 is 4.74 Å². The van der Waals surface area contributed by atoms with Gasteiger partial charge in [0.15, 0.2) is 0 Å². The van der Waals surface area contributed by atoms with Crippen molar-refractivity contribution in [3.63, 3.8) is 0 Å². The maximum atomic E-state index is 6.13. The van der Waals surface area contributed by atoms with Crippen LogP contribution in [0.25, 0.3) is 0 Å². The van der Waals surface area contributed by atoms with Gasteiger partial charge in [-0.25, -0.2) is 0 Å². The summed E-state index contributed by atoms with van der Waals surface area (Å²) in [6, 6.07) is 16.6. The number of hydrogen-bond acceptors (Lipinski definition) is 1. The molecule has 1 heteroatoms. The van der Waals surface area contributed by atoms with Crippen LogP contribution in [0, 0.1) is 23.7 Å². The zero-order chi connectivity index (χ0) is 15.2. The third-order valence-electron chi connectivity index (χ3n) is 3.79. The second kappa shape index (κ2) is 6.99. The molecule has 2 aromatic carbocycles. The normalized spacial score (nSPS) is 15.0. The number of hydrogen-bond donors (Lipinski definition) is 0. The molecule has 0 spiro atoms. The summed E-state index contributed by atoms with van der Waals surface area (Å²) in [4.78, 5) is 0. The maximum absolute atomic E-state index is 6.13. The smallest absolute Gasteiger partial charge is 0.0878 e. The van der Waals surface area contributed by atoms with Crippen LogP contribution in [0.2, 0.25) is 0 Å². The van der Waals surface area contributed by atoms with E-state index in [4.69, 9.17) is 4.74 Å². The van der Waals surface area contributed by atoms with Crippen molar-refractivity contribution in [3.8, 4) is 23.7 Å². The molecule has 0 aliphatic heterocycles. The average Bonchev–Trinajstić information content (AvgIpc) is 2.55. The molecule has 0 amide bonds. The summed E-state index contributed by atoms with van der Waals surface area (Å²) in [5, 5.41) is 0. The highest BCUT2D eigenvalue weighted by Crippen LogP contribution is 2.28. The lowest BCUT2D eigenvalue weighted by atomic mass is 9.92. The van der Waals surface area contributed by atoms with Crippen LogP contribution in [-0.2, 0) is 11.2 Å². The van der Waals surface area contributed by atoms with Crippen LogP contribution in [0.15, 0.2) is 48.5 Å². The molecule has 1 atom stereocenters. The van der Waals surface area contributed by atoms with Crippen molar-refractivity contribution in [2.75, 3.05) is 6.61 Å². The van der Waals surface area contributed by atoms with Gasteiger partial charge in [-0.2, -0.15) is 0 Å². The van der Waals surface area contributed by atoms with Crippen molar-refractivity contribution in [1.82, 2.24) is 0 Å². The lowest BCUT2D eigenvalue weighted by Gasteiger charge is -2.21. The SMILES string of the molecule is CC#CCCOC1Cc2ccccc2C#Cc2ccccc21. The molecular weight excluding hydrogens is 268 g/mol. The zero-order valence-corrected chi connectivity index (χ0v) is 12.7. The first-order valence-electron chi connectivity index (χ1n) is 7.58. The fraction of sp³-hybridized carbons (Fsp3) is 0.238. The highest BCUT2D eigenvalue weighted by molar-refractivity contribution is 5.52. The molecule has 3 rings (SSSR count). The standard InChI is InChI=1S/C21H18O/c1-2-3-8-15-22-21-16-19-11-5-4-9-17(19)13-14-18-10-6-7-12-20(18)21/h4-7,9-12,21H,8,15-16H2,1H3. The Hall–Kier alpha value is -2.48. The minimum atomic E-state index is 0.0330. The molecule has 1 aliphatic rings. The van der Waals surface area contributed by atoms with Gasteiger partial charge in [-0.15, -0.1) is 11.8 Å². The van der Waals surface area contributed by atoms with Crippen LogP contribution < -0.4 is 0 Å². The highest BCUT2D eigenvalue weighted by Gasteiger charge is 2.18. The minimum Gasteiger partial charge on any atom is -0.372 e. The number of ether oxygens (including phenoxy) is 1. The Morgan fingerprint density at radius 3 is 2.64 bits per heavy atom. The Labute approximate surface area is 132 Å². The third-order valence-corrected chi connectivity index (χ3v) is 3.79. The summed E-state index contributed by atoms with van der Waals surface area (Å²) in [7, 11) is 0. The lowest BCUT2D eigenvalue weighted by Crippen LogP contribution is -2.12. The molecule has 1 nitrogen and oxygen atoms in total. The van der Waals surface area contributed by atoms with Gasteiger partial charge < -0.3 is 4.74 Å². The van der Waals surface area contributed by atoms with Crippen LogP contribution in [0.1, 0.15) is 41.7 Å². The van der Waals surface area contributed by atoms with Crippen molar-refractivity contribution in [2.45, 2.75) is 25.9 Å². The molecule has 2 aromatic rings. The van der Waals surface area contributed by atoms with Gasteiger partial charge in [0.2, 0.25) is 0 Å². The average molecular weight is 286 g/mol. The molecule has 0 bridgehead atoms. The molecular formula is C21H18O. The van der Waals surface area contributed by atoms with Crippen molar-refractivity contribution in [3.05, 3.63) is 70.8 Å². The zero-order valence-electron chi connectivity index (χ0n) is 12.7. The first kappa shape index (κ1) is 14.5.